The normalized spacial score (nSPS) is 14.4. The molecule has 0 spiro atoms. The van der Waals surface area contributed by atoms with E-state index in [1.54, 1.807) is 0 Å². The summed E-state index contributed by atoms with van der Waals surface area (Å²) in [5.41, 5.74) is 10.7. The molecule has 1 fully saturated rings. The summed E-state index contributed by atoms with van der Waals surface area (Å²) in [5, 5.41) is 0. The summed E-state index contributed by atoms with van der Waals surface area (Å²) in [6, 6.07) is 16.9. The van der Waals surface area contributed by atoms with Crippen LogP contribution in [-0.4, -0.2) is 6.61 Å². The molecule has 1 aliphatic carbocycles. The zero-order chi connectivity index (χ0) is 13.8. The van der Waals surface area contributed by atoms with Crippen LogP contribution < -0.4 is 5.73 Å². The molecule has 0 atom stereocenters. The van der Waals surface area contributed by atoms with Crippen molar-refractivity contribution in [1.82, 2.24) is 0 Å². The van der Waals surface area contributed by atoms with Crippen LogP contribution in [0.3, 0.4) is 0 Å². The largest absolute Gasteiger partial charge is 0.376 e. The Bertz CT molecular complexity index is 558. The van der Waals surface area contributed by atoms with Gasteiger partial charge in [-0.2, -0.15) is 0 Å². The highest BCUT2D eigenvalue weighted by molar-refractivity contribution is 5.67. The number of hydrogen-bond acceptors (Lipinski definition) is 2. The average Bonchev–Trinajstić information content (AvgIpc) is 3.32. The van der Waals surface area contributed by atoms with Crippen molar-refractivity contribution >= 4 is 0 Å². The van der Waals surface area contributed by atoms with Gasteiger partial charge in [-0.15, -0.1) is 0 Å². The standard InChI is InChI=1S/C18H21NO/c19-11-17-3-1-2-4-18(17)16-9-7-15(8-10-16)13-20-12-14-5-6-14/h1-4,7-10,14H,5-6,11-13,19H2. The Hall–Kier alpha value is -1.64. The van der Waals surface area contributed by atoms with Gasteiger partial charge in [-0.25, -0.2) is 0 Å². The van der Waals surface area contributed by atoms with Gasteiger partial charge in [0, 0.05) is 13.2 Å². The lowest BCUT2D eigenvalue weighted by atomic mass is 9.99. The van der Waals surface area contributed by atoms with Crippen molar-refractivity contribution in [2.75, 3.05) is 6.61 Å². The minimum atomic E-state index is 0.572. The second-order valence-electron chi connectivity index (χ2n) is 5.52. The van der Waals surface area contributed by atoms with Crippen LogP contribution in [-0.2, 0) is 17.9 Å². The molecule has 2 N–H and O–H groups in total. The van der Waals surface area contributed by atoms with Gasteiger partial charge in [-0.3, -0.25) is 0 Å². The van der Waals surface area contributed by atoms with Crippen LogP contribution in [0.2, 0.25) is 0 Å². The summed E-state index contributed by atoms with van der Waals surface area (Å²) < 4.78 is 5.71. The maximum atomic E-state index is 5.80. The van der Waals surface area contributed by atoms with E-state index >= 15 is 0 Å². The lowest BCUT2D eigenvalue weighted by Gasteiger charge is -2.09. The number of ether oxygens (including phenoxy) is 1. The van der Waals surface area contributed by atoms with Crippen molar-refractivity contribution in [3.05, 3.63) is 59.7 Å². The van der Waals surface area contributed by atoms with E-state index in [1.807, 2.05) is 6.07 Å². The van der Waals surface area contributed by atoms with Crippen LogP contribution in [0.25, 0.3) is 11.1 Å². The van der Waals surface area contributed by atoms with Gasteiger partial charge < -0.3 is 10.5 Å². The van der Waals surface area contributed by atoms with Crippen LogP contribution in [0.4, 0.5) is 0 Å². The molecule has 2 nitrogen and oxygen atoms in total. The molecule has 2 heteroatoms. The van der Waals surface area contributed by atoms with Crippen LogP contribution in [0.1, 0.15) is 24.0 Å². The number of nitrogens with two attached hydrogens (primary N) is 1. The van der Waals surface area contributed by atoms with Crippen molar-refractivity contribution < 1.29 is 4.74 Å². The zero-order valence-electron chi connectivity index (χ0n) is 11.7. The molecule has 3 rings (SSSR count). The van der Waals surface area contributed by atoms with Gasteiger partial charge in [0.15, 0.2) is 0 Å². The van der Waals surface area contributed by atoms with E-state index in [-0.39, 0.29) is 0 Å². The van der Waals surface area contributed by atoms with Gasteiger partial charge in [0.1, 0.15) is 0 Å². The van der Waals surface area contributed by atoms with Gasteiger partial charge >= 0.3 is 0 Å². The van der Waals surface area contributed by atoms with Crippen LogP contribution in [0.5, 0.6) is 0 Å². The SMILES string of the molecule is NCc1ccccc1-c1ccc(COCC2CC2)cc1. The van der Waals surface area contributed by atoms with Crippen molar-refractivity contribution in [3.8, 4) is 11.1 Å². The van der Waals surface area contributed by atoms with E-state index in [9.17, 15) is 0 Å². The topological polar surface area (TPSA) is 35.2 Å². The van der Waals surface area contributed by atoms with Crippen molar-refractivity contribution in [2.24, 2.45) is 11.7 Å². The van der Waals surface area contributed by atoms with E-state index in [4.69, 9.17) is 10.5 Å². The fourth-order valence-corrected chi connectivity index (χ4v) is 2.39. The fourth-order valence-electron chi connectivity index (χ4n) is 2.39. The van der Waals surface area contributed by atoms with Gasteiger partial charge in [-0.1, -0.05) is 48.5 Å². The fraction of sp³-hybridized carbons (Fsp3) is 0.333. The quantitative estimate of drug-likeness (QED) is 0.865. The molecule has 0 radical (unpaired) electrons. The molecule has 1 aliphatic rings. The van der Waals surface area contributed by atoms with Gasteiger partial charge in [0.2, 0.25) is 0 Å². The lowest BCUT2D eigenvalue weighted by molar-refractivity contribution is 0.111. The summed E-state index contributed by atoms with van der Waals surface area (Å²) in [5.74, 6) is 0.825. The zero-order valence-corrected chi connectivity index (χ0v) is 11.7. The van der Waals surface area contributed by atoms with E-state index in [0.29, 0.717) is 6.54 Å². The van der Waals surface area contributed by atoms with E-state index < -0.39 is 0 Å². The Morgan fingerprint density at radius 3 is 2.45 bits per heavy atom. The molecule has 1 saturated carbocycles. The predicted octanol–water partition coefficient (Wildman–Crippen LogP) is 3.74. The Labute approximate surface area is 120 Å². The lowest BCUT2D eigenvalue weighted by Crippen LogP contribution is -1.99. The molecule has 0 aliphatic heterocycles. The number of hydrogen-bond donors (Lipinski definition) is 1. The minimum Gasteiger partial charge on any atom is -0.376 e. The van der Waals surface area contributed by atoms with Crippen LogP contribution in [0.15, 0.2) is 48.5 Å². The Morgan fingerprint density at radius 2 is 1.75 bits per heavy atom. The Kier molecular flexibility index (Phi) is 4.14. The van der Waals surface area contributed by atoms with Crippen LogP contribution >= 0.6 is 0 Å². The highest BCUT2D eigenvalue weighted by Crippen LogP contribution is 2.29. The van der Waals surface area contributed by atoms with E-state index in [1.165, 1.54) is 35.1 Å². The molecule has 0 bridgehead atoms. The summed E-state index contributed by atoms with van der Waals surface area (Å²) in [6.45, 7) is 2.20. The molecule has 2 aromatic carbocycles. The molecule has 104 valence electrons. The van der Waals surface area contributed by atoms with Gasteiger partial charge in [0.05, 0.1) is 6.61 Å². The highest BCUT2D eigenvalue weighted by Gasteiger charge is 2.20. The molecular formula is C18H21NO. The number of rotatable bonds is 6. The van der Waals surface area contributed by atoms with Crippen molar-refractivity contribution in [1.29, 1.82) is 0 Å². The third-order valence-corrected chi connectivity index (χ3v) is 3.82. The third-order valence-electron chi connectivity index (χ3n) is 3.82. The Morgan fingerprint density at radius 1 is 1.00 bits per heavy atom. The first-order valence-corrected chi connectivity index (χ1v) is 7.32. The molecule has 20 heavy (non-hydrogen) atoms. The summed E-state index contributed by atoms with van der Waals surface area (Å²) in [4.78, 5) is 0. The smallest absolute Gasteiger partial charge is 0.0717 e. The number of benzene rings is 2. The molecule has 2 aromatic rings. The molecule has 0 amide bonds. The average molecular weight is 267 g/mol. The molecule has 0 heterocycles. The first-order chi connectivity index (χ1) is 9.86. The Balaban J connectivity index is 1.68. The van der Waals surface area contributed by atoms with Crippen LogP contribution in [0, 0.1) is 5.92 Å². The van der Waals surface area contributed by atoms with Gasteiger partial charge in [-0.05, 0) is 41.0 Å². The summed E-state index contributed by atoms with van der Waals surface area (Å²) in [7, 11) is 0. The maximum Gasteiger partial charge on any atom is 0.0717 e. The molecule has 0 unspecified atom stereocenters. The second kappa shape index (κ2) is 6.21. The van der Waals surface area contributed by atoms with Crippen molar-refractivity contribution in [3.63, 3.8) is 0 Å². The summed E-state index contributed by atoms with van der Waals surface area (Å²) >= 11 is 0. The predicted molar refractivity (Wildman–Crippen MR) is 82.1 cm³/mol. The molecule has 0 saturated heterocycles. The van der Waals surface area contributed by atoms with Crippen molar-refractivity contribution in [2.45, 2.75) is 26.0 Å². The second-order valence-corrected chi connectivity index (χ2v) is 5.52. The summed E-state index contributed by atoms with van der Waals surface area (Å²) in [6.07, 6.45) is 2.68. The first kappa shape index (κ1) is 13.3. The van der Waals surface area contributed by atoms with Gasteiger partial charge in [0.25, 0.3) is 0 Å². The maximum absolute atomic E-state index is 5.80. The highest BCUT2D eigenvalue weighted by atomic mass is 16.5. The third kappa shape index (κ3) is 3.27. The molecule has 0 aromatic heterocycles. The van der Waals surface area contributed by atoms with E-state index in [2.05, 4.69) is 42.5 Å². The molecular weight excluding hydrogens is 246 g/mol. The first-order valence-electron chi connectivity index (χ1n) is 7.32. The minimum absolute atomic E-state index is 0.572. The monoisotopic (exact) mass is 267 g/mol. The van der Waals surface area contributed by atoms with E-state index in [0.717, 1.165) is 19.1 Å².